The SMILES string of the molecule is CCCCCC=CCC=CCC=CCCCCC(=O)n1cccc1CC(=O)O. The molecular weight excluding hydrogens is 350 g/mol. The minimum Gasteiger partial charge on any atom is -0.481 e. The van der Waals surface area contributed by atoms with Gasteiger partial charge in [0, 0.05) is 18.3 Å². The first kappa shape index (κ1) is 23.7. The Hall–Kier alpha value is -2.36. The van der Waals surface area contributed by atoms with Crippen molar-refractivity contribution in [2.45, 2.75) is 77.6 Å². The minimum absolute atomic E-state index is 0.0316. The van der Waals surface area contributed by atoms with Crippen LogP contribution >= 0.6 is 0 Å². The van der Waals surface area contributed by atoms with E-state index in [1.807, 2.05) is 0 Å². The van der Waals surface area contributed by atoms with Gasteiger partial charge in [0.2, 0.25) is 5.91 Å². The molecule has 154 valence electrons. The van der Waals surface area contributed by atoms with Gasteiger partial charge in [-0.3, -0.25) is 14.2 Å². The van der Waals surface area contributed by atoms with Crippen molar-refractivity contribution in [2.75, 3.05) is 0 Å². The van der Waals surface area contributed by atoms with Crippen molar-refractivity contribution in [3.8, 4) is 0 Å². The highest BCUT2D eigenvalue weighted by Crippen LogP contribution is 2.09. The highest BCUT2D eigenvalue weighted by Gasteiger charge is 2.11. The number of hydrogen-bond donors (Lipinski definition) is 1. The lowest BCUT2D eigenvalue weighted by atomic mass is 10.1. The third-order valence-corrected chi connectivity index (χ3v) is 4.46. The third kappa shape index (κ3) is 11.4. The Labute approximate surface area is 169 Å². The van der Waals surface area contributed by atoms with Crippen molar-refractivity contribution >= 4 is 11.9 Å². The van der Waals surface area contributed by atoms with E-state index in [4.69, 9.17) is 5.11 Å². The summed E-state index contributed by atoms with van der Waals surface area (Å²) in [6, 6.07) is 3.40. The lowest BCUT2D eigenvalue weighted by Gasteiger charge is -2.06. The van der Waals surface area contributed by atoms with Crippen LogP contribution < -0.4 is 0 Å². The van der Waals surface area contributed by atoms with Gasteiger partial charge in [-0.2, -0.15) is 0 Å². The molecule has 0 fully saturated rings. The van der Waals surface area contributed by atoms with Gasteiger partial charge >= 0.3 is 5.97 Å². The minimum atomic E-state index is -0.921. The number of nitrogens with zero attached hydrogens (tertiary/aromatic N) is 1. The van der Waals surface area contributed by atoms with E-state index in [2.05, 4.69) is 43.4 Å². The predicted octanol–water partition coefficient (Wildman–Crippen LogP) is 6.34. The summed E-state index contributed by atoms with van der Waals surface area (Å²) in [5, 5.41) is 8.87. The van der Waals surface area contributed by atoms with E-state index in [0.717, 1.165) is 32.1 Å². The predicted molar refractivity (Wildman–Crippen MR) is 116 cm³/mol. The second-order valence-corrected chi connectivity index (χ2v) is 6.96. The zero-order chi connectivity index (χ0) is 20.5. The second-order valence-electron chi connectivity index (χ2n) is 6.96. The van der Waals surface area contributed by atoms with E-state index >= 15 is 0 Å². The summed E-state index contributed by atoms with van der Waals surface area (Å²) >= 11 is 0. The van der Waals surface area contributed by atoms with Gasteiger partial charge in [0.05, 0.1) is 6.42 Å². The molecule has 4 nitrogen and oxygen atoms in total. The quantitative estimate of drug-likeness (QED) is 0.283. The third-order valence-electron chi connectivity index (χ3n) is 4.46. The van der Waals surface area contributed by atoms with Crippen LogP contribution in [0, 0.1) is 0 Å². The van der Waals surface area contributed by atoms with Crippen LogP contribution in [0.3, 0.4) is 0 Å². The van der Waals surface area contributed by atoms with E-state index in [9.17, 15) is 9.59 Å². The molecule has 0 saturated carbocycles. The number of carbonyl (C=O) groups is 2. The van der Waals surface area contributed by atoms with Crippen molar-refractivity contribution in [3.63, 3.8) is 0 Å². The highest BCUT2D eigenvalue weighted by atomic mass is 16.4. The Bertz CT molecular complexity index is 653. The van der Waals surface area contributed by atoms with Crippen molar-refractivity contribution < 1.29 is 14.7 Å². The van der Waals surface area contributed by atoms with Crippen LogP contribution in [0.5, 0.6) is 0 Å². The molecule has 0 aliphatic heterocycles. The Kier molecular flexibility index (Phi) is 13.3. The van der Waals surface area contributed by atoms with Gasteiger partial charge in [0.15, 0.2) is 0 Å². The van der Waals surface area contributed by atoms with Crippen molar-refractivity contribution in [2.24, 2.45) is 0 Å². The number of allylic oxidation sites excluding steroid dienone is 6. The standard InChI is InChI=1S/C24H35NO3/c1-2-3-4-5-6-7-8-9-10-11-12-13-14-15-16-19-23(26)25-20-17-18-22(25)21-24(27)28/h6-7,9-10,12-13,17-18,20H,2-5,8,11,14-16,19,21H2,1H3,(H,27,28). The Morgan fingerprint density at radius 2 is 1.54 bits per heavy atom. The summed E-state index contributed by atoms with van der Waals surface area (Å²) in [6.07, 6.45) is 25.0. The van der Waals surface area contributed by atoms with E-state index < -0.39 is 5.97 Å². The average molecular weight is 386 g/mol. The van der Waals surface area contributed by atoms with Crippen LogP contribution in [0.25, 0.3) is 0 Å². The lowest BCUT2D eigenvalue weighted by Crippen LogP contribution is -2.15. The molecule has 0 saturated heterocycles. The molecule has 1 heterocycles. The van der Waals surface area contributed by atoms with Gasteiger partial charge < -0.3 is 5.11 Å². The molecule has 0 aliphatic rings. The fourth-order valence-corrected chi connectivity index (χ4v) is 2.91. The lowest BCUT2D eigenvalue weighted by molar-refractivity contribution is -0.136. The molecule has 0 bridgehead atoms. The van der Waals surface area contributed by atoms with E-state index in [-0.39, 0.29) is 12.3 Å². The van der Waals surface area contributed by atoms with Crippen molar-refractivity contribution in [1.29, 1.82) is 0 Å². The largest absolute Gasteiger partial charge is 0.481 e. The second kappa shape index (κ2) is 15.7. The number of carboxylic acids is 1. The van der Waals surface area contributed by atoms with Crippen LogP contribution in [0.15, 0.2) is 54.8 Å². The molecule has 0 unspecified atom stereocenters. The maximum atomic E-state index is 12.2. The summed E-state index contributed by atoms with van der Waals surface area (Å²) in [7, 11) is 0. The van der Waals surface area contributed by atoms with Gasteiger partial charge in [-0.05, 0) is 57.1 Å². The smallest absolute Gasteiger partial charge is 0.309 e. The van der Waals surface area contributed by atoms with Gasteiger partial charge in [-0.1, -0.05) is 56.2 Å². The van der Waals surface area contributed by atoms with Crippen LogP contribution in [0.4, 0.5) is 0 Å². The molecular formula is C24H35NO3. The Morgan fingerprint density at radius 3 is 2.14 bits per heavy atom. The molecule has 0 amide bonds. The molecule has 1 N–H and O–H groups in total. The highest BCUT2D eigenvalue weighted by molar-refractivity contribution is 5.81. The Balaban J connectivity index is 2.08. The topological polar surface area (TPSA) is 59.3 Å². The molecule has 1 aromatic rings. The zero-order valence-electron chi connectivity index (χ0n) is 17.2. The molecule has 28 heavy (non-hydrogen) atoms. The van der Waals surface area contributed by atoms with Crippen LogP contribution in [-0.2, 0) is 11.2 Å². The maximum Gasteiger partial charge on any atom is 0.309 e. The van der Waals surface area contributed by atoms with E-state index in [0.29, 0.717) is 12.1 Å². The first-order valence-corrected chi connectivity index (χ1v) is 10.5. The number of carbonyl (C=O) groups excluding carboxylic acids is 1. The number of hydrogen-bond acceptors (Lipinski definition) is 2. The number of aromatic nitrogens is 1. The van der Waals surface area contributed by atoms with Crippen LogP contribution in [0.2, 0.25) is 0 Å². The molecule has 1 rings (SSSR count). The van der Waals surface area contributed by atoms with Crippen molar-refractivity contribution in [1.82, 2.24) is 4.57 Å². The molecule has 0 aromatic carbocycles. The van der Waals surface area contributed by atoms with Gasteiger partial charge in [-0.25, -0.2) is 0 Å². The number of unbranched alkanes of at least 4 members (excludes halogenated alkanes) is 5. The normalized spacial score (nSPS) is 11.9. The first-order chi connectivity index (χ1) is 13.6. The van der Waals surface area contributed by atoms with Crippen LogP contribution in [-0.4, -0.2) is 21.6 Å². The van der Waals surface area contributed by atoms with Gasteiger partial charge in [0.25, 0.3) is 0 Å². The summed E-state index contributed by atoms with van der Waals surface area (Å²) in [5.74, 6) is -0.953. The zero-order valence-corrected chi connectivity index (χ0v) is 17.2. The summed E-state index contributed by atoms with van der Waals surface area (Å²) in [4.78, 5) is 23.0. The maximum absolute atomic E-state index is 12.2. The summed E-state index contributed by atoms with van der Waals surface area (Å²) < 4.78 is 1.47. The summed E-state index contributed by atoms with van der Waals surface area (Å²) in [6.45, 7) is 2.23. The molecule has 4 heteroatoms. The van der Waals surface area contributed by atoms with Crippen LogP contribution in [0.1, 0.15) is 81.6 Å². The molecule has 0 atom stereocenters. The Morgan fingerprint density at radius 1 is 0.929 bits per heavy atom. The number of carboxylic acid groups (broad SMARTS) is 1. The first-order valence-electron chi connectivity index (χ1n) is 10.5. The monoisotopic (exact) mass is 385 g/mol. The molecule has 1 aromatic heterocycles. The molecule has 0 radical (unpaired) electrons. The summed E-state index contributed by atoms with van der Waals surface area (Å²) in [5.41, 5.74) is 0.542. The van der Waals surface area contributed by atoms with E-state index in [1.165, 1.54) is 30.3 Å². The van der Waals surface area contributed by atoms with E-state index in [1.54, 1.807) is 18.3 Å². The number of rotatable bonds is 15. The molecule has 0 aliphatic carbocycles. The van der Waals surface area contributed by atoms with Crippen molar-refractivity contribution in [3.05, 3.63) is 60.5 Å². The fourth-order valence-electron chi connectivity index (χ4n) is 2.91. The van der Waals surface area contributed by atoms with Gasteiger partial charge in [0.1, 0.15) is 0 Å². The van der Waals surface area contributed by atoms with Gasteiger partial charge in [-0.15, -0.1) is 0 Å². The fraction of sp³-hybridized carbons (Fsp3) is 0.500. The number of aliphatic carboxylic acids is 1. The average Bonchev–Trinajstić information content (AvgIpc) is 3.12. The molecule has 0 spiro atoms.